The first-order chi connectivity index (χ1) is 13.0. The Morgan fingerprint density at radius 2 is 1.70 bits per heavy atom. The van der Waals surface area contributed by atoms with Crippen molar-refractivity contribution in [2.75, 3.05) is 18.4 Å². The lowest BCUT2D eigenvalue weighted by atomic mass is 9.89. The summed E-state index contributed by atoms with van der Waals surface area (Å²) in [6.45, 7) is 4.03. The average molecular weight is 366 g/mol. The van der Waals surface area contributed by atoms with Crippen LogP contribution in [-0.4, -0.2) is 30.9 Å². The predicted octanol–water partition coefficient (Wildman–Crippen LogP) is 1.65. The van der Waals surface area contributed by atoms with Gasteiger partial charge in [0.05, 0.1) is 13.1 Å². The molecule has 2 amide bonds. The molecule has 2 aromatic carbocycles. The van der Waals surface area contributed by atoms with Crippen LogP contribution >= 0.6 is 0 Å². The number of nitrogens with two attached hydrogens (primary N) is 1. The van der Waals surface area contributed by atoms with Gasteiger partial charge in [0.15, 0.2) is 6.04 Å². The van der Waals surface area contributed by atoms with Crippen molar-refractivity contribution < 1.29 is 14.5 Å². The SMILES string of the molecule is C[C@H](C(=O)Nc1ccc(C(N)=O)cc1)[NH+]1CCC(Cc2ccccc2)CC1. The van der Waals surface area contributed by atoms with E-state index in [1.165, 1.54) is 10.5 Å². The maximum Gasteiger partial charge on any atom is 0.282 e. The van der Waals surface area contributed by atoms with Crippen molar-refractivity contribution in [1.82, 2.24) is 0 Å². The number of benzene rings is 2. The van der Waals surface area contributed by atoms with Crippen LogP contribution in [0.2, 0.25) is 0 Å². The Labute approximate surface area is 160 Å². The summed E-state index contributed by atoms with van der Waals surface area (Å²) in [6, 6.07) is 17.2. The summed E-state index contributed by atoms with van der Waals surface area (Å²) in [6.07, 6.45) is 3.42. The summed E-state index contributed by atoms with van der Waals surface area (Å²) in [5, 5.41) is 2.94. The Hall–Kier alpha value is -2.66. The van der Waals surface area contributed by atoms with Crippen LogP contribution in [0.5, 0.6) is 0 Å². The molecule has 27 heavy (non-hydrogen) atoms. The van der Waals surface area contributed by atoms with Crippen molar-refractivity contribution >= 4 is 17.5 Å². The molecule has 5 heteroatoms. The van der Waals surface area contributed by atoms with Gasteiger partial charge in [0.25, 0.3) is 5.91 Å². The molecule has 4 N–H and O–H groups in total. The first kappa shape index (κ1) is 19.1. The molecule has 0 bridgehead atoms. The van der Waals surface area contributed by atoms with Gasteiger partial charge in [0, 0.05) is 11.3 Å². The van der Waals surface area contributed by atoms with Gasteiger partial charge in [-0.2, -0.15) is 0 Å². The lowest BCUT2D eigenvalue weighted by Crippen LogP contribution is -3.17. The maximum atomic E-state index is 12.6. The predicted molar refractivity (Wildman–Crippen MR) is 107 cm³/mol. The van der Waals surface area contributed by atoms with Gasteiger partial charge >= 0.3 is 0 Å². The van der Waals surface area contributed by atoms with Crippen molar-refractivity contribution in [1.29, 1.82) is 0 Å². The number of rotatable bonds is 6. The molecule has 3 rings (SSSR count). The summed E-state index contributed by atoms with van der Waals surface area (Å²) in [4.78, 5) is 25.0. The Bertz CT molecular complexity index is 766. The normalized spacial score (nSPS) is 20.6. The van der Waals surface area contributed by atoms with E-state index in [-0.39, 0.29) is 11.9 Å². The highest BCUT2D eigenvalue weighted by atomic mass is 16.2. The number of piperidine rings is 1. The molecule has 0 aromatic heterocycles. The zero-order valence-electron chi connectivity index (χ0n) is 15.8. The van der Waals surface area contributed by atoms with Gasteiger partial charge in [-0.25, -0.2) is 0 Å². The number of primary amides is 1. The summed E-state index contributed by atoms with van der Waals surface area (Å²) in [7, 11) is 0. The fraction of sp³-hybridized carbons (Fsp3) is 0.364. The van der Waals surface area contributed by atoms with E-state index in [0.717, 1.165) is 32.4 Å². The summed E-state index contributed by atoms with van der Waals surface area (Å²) in [5.74, 6) is 0.246. The van der Waals surface area contributed by atoms with Gasteiger partial charge in [0.1, 0.15) is 0 Å². The molecular weight excluding hydrogens is 338 g/mol. The number of nitrogens with one attached hydrogen (secondary N) is 2. The van der Waals surface area contributed by atoms with Crippen molar-refractivity contribution in [2.45, 2.75) is 32.2 Å². The molecule has 142 valence electrons. The van der Waals surface area contributed by atoms with Gasteiger partial charge in [-0.15, -0.1) is 0 Å². The highest BCUT2D eigenvalue weighted by Crippen LogP contribution is 2.17. The van der Waals surface area contributed by atoms with E-state index >= 15 is 0 Å². The highest BCUT2D eigenvalue weighted by Gasteiger charge is 2.30. The van der Waals surface area contributed by atoms with Crippen LogP contribution in [0.4, 0.5) is 5.69 Å². The second-order valence-corrected chi connectivity index (χ2v) is 7.44. The molecule has 1 aliphatic heterocycles. The second kappa shape index (κ2) is 8.82. The molecule has 0 radical (unpaired) electrons. The van der Waals surface area contributed by atoms with E-state index in [1.807, 2.05) is 6.92 Å². The van der Waals surface area contributed by atoms with Crippen LogP contribution in [0, 0.1) is 5.92 Å². The molecule has 0 spiro atoms. The monoisotopic (exact) mass is 366 g/mol. The van der Waals surface area contributed by atoms with E-state index < -0.39 is 5.91 Å². The van der Waals surface area contributed by atoms with Gasteiger partial charge in [-0.1, -0.05) is 30.3 Å². The van der Waals surface area contributed by atoms with Crippen LogP contribution in [0.3, 0.4) is 0 Å². The van der Waals surface area contributed by atoms with Gasteiger partial charge in [0.2, 0.25) is 5.91 Å². The van der Waals surface area contributed by atoms with E-state index in [4.69, 9.17) is 5.73 Å². The van der Waals surface area contributed by atoms with Crippen molar-refractivity contribution in [3.05, 3.63) is 65.7 Å². The quantitative estimate of drug-likeness (QED) is 0.727. The Morgan fingerprint density at radius 3 is 2.30 bits per heavy atom. The number of anilines is 1. The molecule has 1 saturated heterocycles. The number of likely N-dealkylation sites (tertiary alicyclic amines) is 1. The Balaban J connectivity index is 1.48. The van der Waals surface area contributed by atoms with Crippen molar-refractivity contribution in [2.24, 2.45) is 11.7 Å². The molecule has 0 unspecified atom stereocenters. The zero-order valence-corrected chi connectivity index (χ0v) is 15.8. The molecular formula is C22H28N3O2+. The van der Waals surface area contributed by atoms with Crippen molar-refractivity contribution in [3.8, 4) is 0 Å². The molecule has 0 saturated carbocycles. The van der Waals surface area contributed by atoms with E-state index in [1.54, 1.807) is 24.3 Å². The van der Waals surface area contributed by atoms with Crippen LogP contribution in [-0.2, 0) is 11.2 Å². The number of hydrogen-bond acceptors (Lipinski definition) is 2. The van der Waals surface area contributed by atoms with Crippen LogP contribution in [0.25, 0.3) is 0 Å². The first-order valence-corrected chi connectivity index (χ1v) is 9.62. The largest absolute Gasteiger partial charge is 0.366 e. The highest BCUT2D eigenvalue weighted by molar-refractivity contribution is 5.95. The molecule has 1 fully saturated rings. The second-order valence-electron chi connectivity index (χ2n) is 7.44. The third-order valence-electron chi connectivity index (χ3n) is 5.56. The number of hydrogen-bond donors (Lipinski definition) is 3. The minimum absolute atomic E-state index is 0.0123. The summed E-state index contributed by atoms with van der Waals surface area (Å²) in [5.41, 5.74) is 7.77. The van der Waals surface area contributed by atoms with Gasteiger partial charge in [-0.3, -0.25) is 9.59 Å². The summed E-state index contributed by atoms with van der Waals surface area (Å²) >= 11 is 0. The van der Waals surface area contributed by atoms with E-state index in [2.05, 4.69) is 35.6 Å². The Morgan fingerprint density at radius 1 is 1.07 bits per heavy atom. The smallest absolute Gasteiger partial charge is 0.282 e. The number of amides is 2. The number of carbonyl (C=O) groups is 2. The third-order valence-corrected chi connectivity index (χ3v) is 5.56. The van der Waals surface area contributed by atoms with Gasteiger partial charge < -0.3 is 16.0 Å². The standard InChI is InChI=1S/C22H27N3O2/c1-16(22(27)24-20-9-7-19(8-10-20)21(23)26)25-13-11-18(12-14-25)15-17-5-3-2-4-6-17/h2-10,16,18H,11-15H2,1H3,(H2,23,26)(H,24,27)/p+1/t16-/m1/s1. The fourth-order valence-electron chi connectivity index (χ4n) is 3.79. The van der Waals surface area contributed by atoms with E-state index in [9.17, 15) is 9.59 Å². The van der Waals surface area contributed by atoms with Crippen LogP contribution in [0.15, 0.2) is 54.6 Å². The van der Waals surface area contributed by atoms with Crippen molar-refractivity contribution in [3.63, 3.8) is 0 Å². The molecule has 0 aliphatic carbocycles. The lowest BCUT2D eigenvalue weighted by Gasteiger charge is -2.32. The fourth-order valence-corrected chi connectivity index (χ4v) is 3.79. The third kappa shape index (κ3) is 5.17. The molecule has 1 atom stereocenters. The zero-order chi connectivity index (χ0) is 19.2. The van der Waals surface area contributed by atoms with Crippen LogP contribution in [0.1, 0.15) is 35.7 Å². The molecule has 5 nitrogen and oxygen atoms in total. The number of quaternary nitrogens is 1. The summed E-state index contributed by atoms with van der Waals surface area (Å²) < 4.78 is 0. The topological polar surface area (TPSA) is 76.6 Å². The minimum atomic E-state index is -0.468. The molecule has 1 heterocycles. The Kier molecular flexibility index (Phi) is 6.24. The van der Waals surface area contributed by atoms with E-state index in [0.29, 0.717) is 17.2 Å². The van der Waals surface area contributed by atoms with Gasteiger partial charge in [-0.05, 0) is 61.9 Å². The maximum absolute atomic E-state index is 12.6. The molecule has 2 aromatic rings. The van der Waals surface area contributed by atoms with Crippen LogP contribution < -0.4 is 16.0 Å². The lowest BCUT2D eigenvalue weighted by molar-refractivity contribution is -0.919. The molecule has 1 aliphatic rings. The number of carbonyl (C=O) groups excluding carboxylic acids is 2. The average Bonchev–Trinajstić information content (AvgIpc) is 2.69. The minimum Gasteiger partial charge on any atom is -0.366 e. The first-order valence-electron chi connectivity index (χ1n) is 9.62.